The van der Waals surface area contributed by atoms with Crippen LogP contribution in [0.1, 0.15) is 27.7 Å². The van der Waals surface area contributed by atoms with E-state index >= 15 is 0 Å². The molecule has 0 rings (SSSR count). The van der Waals surface area contributed by atoms with Crippen LogP contribution < -0.4 is 0 Å². The van der Waals surface area contributed by atoms with Crippen LogP contribution in [0.3, 0.4) is 0 Å². The molecule has 0 bridgehead atoms. The molecule has 4 heteroatoms. The Labute approximate surface area is 81.5 Å². The van der Waals surface area contributed by atoms with Crippen molar-refractivity contribution in [1.82, 2.24) is 0 Å². The fraction of sp³-hybridized carbons (Fsp3) is 1.00. The summed E-state index contributed by atoms with van der Waals surface area (Å²) >= 11 is 5.93. The van der Waals surface area contributed by atoms with Gasteiger partial charge < -0.3 is 8.85 Å². The Kier molecular flexibility index (Phi) is 4.24. The molecule has 0 heterocycles. The smallest absolute Gasteiger partial charge is 0.333 e. The lowest BCUT2D eigenvalue weighted by Crippen LogP contribution is -2.42. The lowest BCUT2D eigenvalue weighted by atomic mass is 10.5. The van der Waals surface area contributed by atoms with Gasteiger partial charge in [0.15, 0.2) is 0 Å². The van der Waals surface area contributed by atoms with Crippen LogP contribution >= 0.6 is 11.6 Å². The minimum absolute atomic E-state index is 0.200. The van der Waals surface area contributed by atoms with Crippen molar-refractivity contribution >= 4 is 20.2 Å². The van der Waals surface area contributed by atoms with Gasteiger partial charge in [0.05, 0.1) is 0 Å². The molecule has 0 atom stereocenters. The Balaban J connectivity index is 4.04. The highest BCUT2D eigenvalue weighted by atomic mass is 35.5. The number of halogens is 1. The molecular formula is C8H19ClO2Si. The van der Waals surface area contributed by atoms with Gasteiger partial charge in [-0.25, -0.2) is 0 Å². The van der Waals surface area contributed by atoms with E-state index in [1.165, 1.54) is 0 Å². The minimum atomic E-state index is -2.03. The summed E-state index contributed by atoms with van der Waals surface area (Å²) < 4.78 is 11.3. The van der Waals surface area contributed by atoms with E-state index in [9.17, 15) is 0 Å². The van der Waals surface area contributed by atoms with Crippen LogP contribution in [0.25, 0.3) is 0 Å². The van der Waals surface area contributed by atoms with Gasteiger partial charge in [0, 0.05) is 6.10 Å². The summed E-state index contributed by atoms with van der Waals surface area (Å²) in [4.78, 5) is 0. The van der Waals surface area contributed by atoms with Crippen LogP contribution in [0.15, 0.2) is 0 Å². The van der Waals surface area contributed by atoms with Crippen molar-refractivity contribution in [3.63, 3.8) is 0 Å². The zero-order valence-corrected chi connectivity index (χ0v) is 10.5. The van der Waals surface area contributed by atoms with E-state index < -0.39 is 13.6 Å². The molecule has 0 aromatic carbocycles. The zero-order valence-electron chi connectivity index (χ0n) is 8.77. The van der Waals surface area contributed by atoms with Crippen LogP contribution in [0, 0.1) is 0 Å². The van der Waals surface area contributed by atoms with Gasteiger partial charge in [-0.2, -0.15) is 0 Å². The van der Waals surface area contributed by atoms with Gasteiger partial charge in [-0.1, -0.05) is 11.6 Å². The molecule has 74 valence electrons. The number of hydrogen-bond acceptors (Lipinski definition) is 2. The molecular weight excluding hydrogens is 192 g/mol. The van der Waals surface area contributed by atoms with E-state index in [0.717, 1.165) is 0 Å². The number of alkyl halides is 1. The van der Waals surface area contributed by atoms with Crippen LogP contribution in [0.2, 0.25) is 13.1 Å². The van der Waals surface area contributed by atoms with Crippen LogP contribution in [0.5, 0.6) is 0 Å². The van der Waals surface area contributed by atoms with Crippen molar-refractivity contribution in [1.29, 1.82) is 0 Å². The third-order valence-electron chi connectivity index (χ3n) is 1.01. The maximum absolute atomic E-state index is 5.93. The highest BCUT2D eigenvalue weighted by Gasteiger charge is 2.32. The second-order valence-corrected chi connectivity index (χ2v) is 8.18. The maximum Gasteiger partial charge on any atom is 0.333 e. The highest BCUT2D eigenvalue weighted by Crippen LogP contribution is 2.22. The summed E-state index contributed by atoms with van der Waals surface area (Å²) in [6.45, 7) is 11.6. The topological polar surface area (TPSA) is 18.5 Å². The molecule has 0 N–H and O–H groups in total. The third-order valence-corrected chi connectivity index (χ3v) is 3.26. The van der Waals surface area contributed by atoms with E-state index in [0.29, 0.717) is 0 Å². The van der Waals surface area contributed by atoms with Gasteiger partial charge >= 0.3 is 8.56 Å². The molecule has 0 spiro atoms. The fourth-order valence-electron chi connectivity index (χ4n) is 1.18. The van der Waals surface area contributed by atoms with Crippen LogP contribution in [0.4, 0.5) is 0 Å². The predicted molar refractivity (Wildman–Crippen MR) is 54.7 cm³/mol. The molecule has 0 radical (unpaired) electrons. The molecule has 0 aliphatic carbocycles. The average Bonchev–Trinajstić information content (AvgIpc) is 1.48. The van der Waals surface area contributed by atoms with E-state index in [2.05, 4.69) is 0 Å². The van der Waals surface area contributed by atoms with Crippen molar-refractivity contribution in [3.8, 4) is 0 Å². The van der Waals surface area contributed by atoms with Gasteiger partial charge in [-0.05, 0) is 40.8 Å². The molecule has 0 saturated carbocycles. The lowest BCUT2D eigenvalue weighted by Gasteiger charge is -2.31. The lowest BCUT2D eigenvalue weighted by molar-refractivity contribution is 0.0939. The molecule has 0 aliphatic heterocycles. The predicted octanol–water partition coefficient (Wildman–Crippen LogP) is 3.10. The van der Waals surface area contributed by atoms with E-state index in [1.54, 1.807) is 0 Å². The number of hydrogen-bond donors (Lipinski definition) is 0. The first-order chi connectivity index (χ1) is 5.12. The van der Waals surface area contributed by atoms with E-state index in [-0.39, 0.29) is 6.10 Å². The summed E-state index contributed by atoms with van der Waals surface area (Å²) in [6, 6.07) is 0. The van der Waals surface area contributed by atoms with Gasteiger partial charge in [0.25, 0.3) is 0 Å². The molecule has 0 unspecified atom stereocenters. The highest BCUT2D eigenvalue weighted by molar-refractivity contribution is 6.65. The molecule has 12 heavy (non-hydrogen) atoms. The Bertz CT molecular complexity index is 140. The Morgan fingerprint density at radius 3 is 1.92 bits per heavy atom. The average molecular weight is 211 g/mol. The molecule has 0 fully saturated rings. The van der Waals surface area contributed by atoms with Crippen molar-refractivity contribution < 1.29 is 8.85 Å². The summed E-state index contributed by atoms with van der Waals surface area (Å²) in [6.07, 6.45) is 0.200. The standard InChI is InChI=1S/C8H19ClO2Si/c1-7(2)10-12(5,6)11-8(3,4)9/h7H,1-6H3. The zero-order chi connectivity index (χ0) is 9.99. The van der Waals surface area contributed by atoms with Crippen molar-refractivity contribution in [2.45, 2.75) is 52.0 Å². The van der Waals surface area contributed by atoms with Gasteiger partial charge in [-0.3, -0.25) is 0 Å². The first-order valence-corrected chi connectivity index (χ1v) is 7.39. The van der Waals surface area contributed by atoms with Crippen LogP contribution in [-0.2, 0) is 8.85 Å². The molecule has 0 aromatic rings. The minimum Gasteiger partial charge on any atom is -0.392 e. The van der Waals surface area contributed by atoms with Gasteiger partial charge in [0.2, 0.25) is 0 Å². The Hall–Kier alpha value is 0.427. The van der Waals surface area contributed by atoms with Crippen molar-refractivity contribution in [2.24, 2.45) is 0 Å². The molecule has 0 saturated heterocycles. The van der Waals surface area contributed by atoms with E-state index in [4.69, 9.17) is 20.5 Å². The maximum atomic E-state index is 5.93. The quantitative estimate of drug-likeness (QED) is 0.525. The second-order valence-electron chi connectivity index (χ2n) is 4.03. The summed E-state index contributed by atoms with van der Waals surface area (Å²) in [5.74, 6) is 0. The van der Waals surface area contributed by atoms with Gasteiger partial charge in [-0.15, -0.1) is 0 Å². The summed E-state index contributed by atoms with van der Waals surface area (Å²) in [5, 5.41) is -0.620. The van der Waals surface area contributed by atoms with Crippen molar-refractivity contribution in [3.05, 3.63) is 0 Å². The second kappa shape index (κ2) is 4.09. The largest absolute Gasteiger partial charge is 0.392 e. The molecule has 0 aliphatic rings. The van der Waals surface area contributed by atoms with Crippen molar-refractivity contribution in [2.75, 3.05) is 0 Å². The van der Waals surface area contributed by atoms with Gasteiger partial charge in [0.1, 0.15) is 5.06 Å². The molecule has 0 aromatic heterocycles. The first-order valence-electron chi connectivity index (χ1n) is 4.19. The Morgan fingerprint density at radius 1 is 1.25 bits per heavy atom. The summed E-state index contributed by atoms with van der Waals surface area (Å²) in [7, 11) is -2.03. The molecule has 2 nitrogen and oxygen atoms in total. The monoisotopic (exact) mass is 210 g/mol. The number of rotatable bonds is 4. The Morgan fingerprint density at radius 2 is 1.67 bits per heavy atom. The van der Waals surface area contributed by atoms with Crippen LogP contribution in [-0.4, -0.2) is 19.7 Å². The normalized spacial score (nSPS) is 14.0. The third kappa shape index (κ3) is 7.10. The van der Waals surface area contributed by atoms with E-state index in [1.807, 2.05) is 40.8 Å². The summed E-state index contributed by atoms with van der Waals surface area (Å²) in [5.41, 5.74) is 0. The fourth-order valence-corrected chi connectivity index (χ4v) is 4.09. The first kappa shape index (κ1) is 12.4. The molecule has 0 amide bonds. The SMILES string of the molecule is CC(C)O[Si](C)(C)OC(C)(C)Cl.